The second-order valence-electron chi connectivity index (χ2n) is 31.6. The van der Waals surface area contributed by atoms with Gasteiger partial charge in [-0.25, -0.2) is 26.5 Å². The van der Waals surface area contributed by atoms with Crippen molar-refractivity contribution < 1.29 is 63.8 Å². The monoisotopic (exact) mass is 1640 g/mol. The Balaban J connectivity index is 0.620. The molecule has 5 N–H and O–H groups in total. The van der Waals surface area contributed by atoms with Crippen molar-refractivity contribution in [2.45, 2.75) is 163 Å². The van der Waals surface area contributed by atoms with Gasteiger partial charge in [0.25, 0.3) is 25.8 Å². The van der Waals surface area contributed by atoms with Crippen LogP contribution >= 0.6 is 34.7 Å². The van der Waals surface area contributed by atoms with E-state index in [-0.39, 0.29) is 54.1 Å². The van der Waals surface area contributed by atoms with Gasteiger partial charge in [-0.1, -0.05) is 112 Å². The first-order chi connectivity index (χ1) is 53.3. The molecule has 5 amide bonds. The number of unbranched alkanes of at least 4 members (excludes halogenated alkanes) is 3. The molecule has 4 saturated heterocycles. The molecule has 606 valence electrons. The summed E-state index contributed by atoms with van der Waals surface area (Å²) in [6, 6.07) is 31.3. The van der Waals surface area contributed by atoms with Gasteiger partial charge in [0.2, 0.25) is 23.6 Å². The Hall–Kier alpha value is -7.45. The average molecular weight is 1640 g/mol. The molecule has 6 atom stereocenters. The van der Waals surface area contributed by atoms with E-state index in [1.54, 1.807) is 23.5 Å². The quantitative estimate of drug-likeness (QED) is 0.0200. The van der Waals surface area contributed by atoms with E-state index in [1.807, 2.05) is 116 Å². The number of thiazole rings is 1. The smallest absolute Gasteiger partial charge is 0.391 e. The summed E-state index contributed by atoms with van der Waals surface area (Å²) in [7, 11) is -11.0. The Labute approximate surface area is 670 Å². The number of sulfonamides is 1. The number of anilines is 2. The number of nitrogens with one attached hydrogen (secondary N) is 4. The van der Waals surface area contributed by atoms with Gasteiger partial charge in [0.15, 0.2) is 0 Å². The Kier molecular flexibility index (Phi) is 28.9. The van der Waals surface area contributed by atoms with Crippen molar-refractivity contribution in [3.05, 3.63) is 160 Å². The van der Waals surface area contributed by atoms with E-state index in [4.69, 9.17) is 16.3 Å². The fourth-order valence-corrected chi connectivity index (χ4v) is 19.5. The van der Waals surface area contributed by atoms with Crippen molar-refractivity contribution >= 4 is 101 Å². The van der Waals surface area contributed by atoms with Crippen LogP contribution in [0.15, 0.2) is 147 Å². The highest BCUT2D eigenvalue weighted by Crippen LogP contribution is 2.45. The third-order valence-electron chi connectivity index (χ3n) is 22.0. The minimum Gasteiger partial charge on any atom is -0.391 e. The van der Waals surface area contributed by atoms with E-state index in [9.17, 15) is 59.1 Å². The van der Waals surface area contributed by atoms with Crippen LogP contribution in [0, 0.1) is 17.8 Å². The molecule has 0 radical (unpaired) electrons. The lowest BCUT2D eigenvalue weighted by Crippen LogP contribution is -2.57. The summed E-state index contributed by atoms with van der Waals surface area (Å²) in [5, 5.41) is 20.5. The second kappa shape index (κ2) is 37.9. The third-order valence-corrected chi connectivity index (χ3v) is 27.2. The summed E-state index contributed by atoms with van der Waals surface area (Å²) in [6.45, 7) is 21.9. The molecule has 11 rings (SSSR count). The number of allylic oxidation sites excluding steroid dienone is 1. The highest BCUT2D eigenvalue weighted by atomic mass is 35.5. The van der Waals surface area contributed by atoms with Gasteiger partial charge in [-0.3, -0.25) is 38.7 Å². The fourth-order valence-electron chi connectivity index (χ4n) is 15.5. The number of hydrogen-bond acceptors (Lipinski definition) is 19. The predicted octanol–water partition coefficient (Wildman–Crippen LogP) is 12.1. The third kappa shape index (κ3) is 22.6. The molecule has 0 spiro atoms. The molecular weight excluding hydrogens is 1540 g/mol. The van der Waals surface area contributed by atoms with E-state index in [0.29, 0.717) is 102 Å². The number of alkyl halides is 3. The van der Waals surface area contributed by atoms with Crippen LogP contribution in [-0.4, -0.2) is 221 Å². The van der Waals surface area contributed by atoms with E-state index < -0.39 is 82.3 Å². The zero-order valence-corrected chi connectivity index (χ0v) is 68.6. The molecule has 112 heavy (non-hydrogen) atoms. The maximum absolute atomic E-state index is 14.4. The number of morpholine rings is 1. The van der Waals surface area contributed by atoms with Crippen molar-refractivity contribution in [2.75, 3.05) is 121 Å². The first-order valence-electron chi connectivity index (χ1n) is 38.7. The molecule has 0 bridgehead atoms. The number of sulfone groups is 1. The normalized spacial score (nSPS) is 20.1. The molecule has 4 fully saturated rings. The number of halogens is 4. The fraction of sp³-hybridized carbons (Fsp3) is 0.512. The number of rotatable bonds is 31. The summed E-state index contributed by atoms with van der Waals surface area (Å²) in [5.41, 5.74) is 2.37. The number of aromatic nitrogens is 1. The van der Waals surface area contributed by atoms with Gasteiger partial charge < -0.3 is 40.5 Å². The zero-order valence-electron chi connectivity index (χ0n) is 64.6. The van der Waals surface area contributed by atoms with Crippen LogP contribution in [0.2, 0.25) is 5.02 Å². The maximum Gasteiger partial charge on any atom is 0.501 e. The van der Waals surface area contributed by atoms with Gasteiger partial charge in [-0.05, 0) is 152 Å². The van der Waals surface area contributed by atoms with Gasteiger partial charge in [-0.2, -0.15) is 13.2 Å². The predicted molar refractivity (Wildman–Crippen MR) is 433 cm³/mol. The van der Waals surface area contributed by atoms with Crippen molar-refractivity contribution in [1.29, 1.82) is 0 Å². The van der Waals surface area contributed by atoms with Crippen LogP contribution in [0.3, 0.4) is 0 Å². The Morgan fingerprint density at radius 3 is 2.09 bits per heavy atom. The van der Waals surface area contributed by atoms with Crippen LogP contribution in [0.5, 0.6) is 0 Å². The zero-order chi connectivity index (χ0) is 80.1. The first kappa shape index (κ1) is 85.4. The summed E-state index contributed by atoms with van der Waals surface area (Å²) < 4.78 is 105. The first-order valence-corrected chi connectivity index (χ1v) is 43.9. The highest BCUT2D eigenvalue weighted by molar-refractivity contribution is 7.99. The number of aliphatic hydroxyl groups excluding tert-OH is 1. The lowest BCUT2D eigenvalue weighted by molar-refractivity contribution is -0.144. The van der Waals surface area contributed by atoms with Gasteiger partial charge in [0.05, 0.1) is 52.0 Å². The van der Waals surface area contributed by atoms with E-state index in [1.165, 1.54) is 39.9 Å². The summed E-state index contributed by atoms with van der Waals surface area (Å²) >= 11 is 9.40. The van der Waals surface area contributed by atoms with Crippen LogP contribution in [0.4, 0.5) is 24.5 Å². The van der Waals surface area contributed by atoms with Crippen LogP contribution < -0.4 is 25.6 Å². The largest absolute Gasteiger partial charge is 0.501 e. The summed E-state index contributed by atoms with van der Waals surface area (Å²) in [6.07, 6.45) is 5.77. The Bertz CT molecular complexity index is 4500. The van der Waals surface area contributed by atoms with Crippen molar-refractivity contribution in [3.63, 3.8) is 0 Å². The van der Waals surface area contributed by atoms with Crippen LogP contribution in [0.1, 0.15) is 138 Å². The number of likely N-dealkylation sites (tertiary alicyclic amines) is 1. The van der Waals surface area contributed by atoms with Gasteiger partial charge in [-0.15, -0.1) is 23.1 Å². The number of amides is 5. The number of piperazine rings is 2. The molecule has 5 aromatic carbocycles. The Morgan fingerprint density at radius 2 is 1.44 bits per heavy atom. The van der Waals surface area contributed by atoms with Crippen LogP contribution in [-0.2, 0) is 43.8 Å². The number of benzene rings is 5. The number of thioether (sulfide) groups is 1. The van der Waals surface area contributed by atoms with E-state index in [2.05, 4.69) is 59.6 Å². The molecule has 1 aliphatic carbocycles. The number of hydrogen-bond donors (Lipinski definition) is 5. The Morgan fingerprint density at radius 1 is 0.777 bits per heavy atom. The SMILES string of the molecule is Cc1ncsc1-c1ccc([C@H](C)NC(=O)[C@@H]2C[C@@H](O)CN2C(=O)[C@@H](NC(=O)CCCCCCC(=O)N2CCN(CC3(C)CCC(c4ccc(Cl)cc4)=C(CN4CCN(c5ccc(C(=O)NS(=O)(=O)c6ccc(N[C@H](CCN7CCOCC7)CSc7ccccc7)c(S(=O)(=O)C(F)(F)F)c6)cc5)CC4)C3)CC2)C(C)(C)C)cc1. The lowest BCUT2D eigenvalue weighted by Gasteiger charge is -2.44. The molecule has 1 aromatic heterocycles. The second-order valence-corrected chi connectivity index (χ2v) is 37.6. The van der Waals surface area contributed by atoms with Crippen molar-refractivity contribution in [3.8, 4) is 10.4 Å². The number of carbonyl (C=O) groups excluding carboxylic acids is 5. The maximum atomic E-state index is 14.4. The summed E-state index contributed by atoms with van der Waals surface area (Å²) in [4.78, 5) is 85.8. The molecular formula is C82H105ClF3N11O11S4. The number of aliphatic hydroxyl groups is 1. The standard InChI is InChI=1S/C82H105ClF3N11O11S4/c1-56(58-18-20-60(21-19-58)75-57(2)87-55-110-75)88-78(102)71-48-66(98)52-97(71)79(103)76(80(3,4)5)90-73(99)16-12-7-8-13-17-74(100)96-42-38-94(39-43-96)54-81(6)34-32-69(59-22-26-63(83)27-23-59)62(50-81)51-93-36-40-95(41-37-93)65-28-24-61(25-29-65)77(101)91-112(106,107)68-30-31-70(72(49-68)111(104,105)82(84,85)86)89-64(33-35-92-44-46-108-47-45-92)53-109-67-14-10-9-11-15-67/h9-11,14-15,18-31,49,55-56,64,66,71,76,89,98H,7-8,12-13,16-17,32-48,50-54H2,1-6H3,(H,88,102)(H,90,99)(H,91,101)/t56-,64+,66+,71-,76+,81?/m0/s1. The molecule has 5 aliphatic rings. The number of ether oxygens (including phenoxy) is 1. The van der Waals surface area contributed by atoms with Crippen LogP contribution in [0.25, 0.3) is 16.0 Å². The molecule has 22 nitrogen and oxygen atoms in total. The number of nitrogens with zero attached hydrogens (tertiary/aromatic N) is 7. The summed E-state index contributed by atoms with van der Waals surface area (Å²) in [5.74, 6) is -1.64. The van der Waals surface area contributed by atoms with Crippen molar-refractivity contribution in [2.24, 2.45) is 10.8 Å². The molecule has 5 heterocycles. The number of aryl methyl sites for hydroxylation is 1. The molecule has 0 saturated carbocycles. The lowest BCUT2D eigenvalue weighted by atomic mass is 9.71. The van der Waals surface area contributed by atoms with Gasteiger partial charge in [0.1, 0.15) is 17.0 Å². The molecule has 6 aromatic rings. The van der Waals surface area contributed by atoms with Crippen molar-refractivity contribution in [1.82, 2.24) is 44.8 Å². The minimum atomic E-state index is -6.11. The van der Waals surface area contributed by atoms with E-state index in [0.717, 1.165) is 121 Å². The topological polar surface area (TPSA) is 264 Å². The molecule has 1 unspecified atom stereocenters. The number of β-amino-alcohol motifs (C(OH)–C–C–N with tert-alkyl or cyclic N) is 1. The van der Waals surface area contributed by atoms with Gasteiger partial charge in [0, 0.05) is 144 Å². The minimum absolute atomic E-state index is 0.0209. The number of carbonyl (C=O) groups is 5. The van der Waals surface area contributed by atoms with Gasteiger partial charge >= 0.3 is 5.51 Å². The molecule has 30 heteroatoms. The average Bonchev–Trinajstić information content (AvgIpc) is 0.938. The van der Waals surface area contributed by atoms with E-state index >= 15 is 0 Å². The molecule has 4 aliphatic heterocycles. The highest BCUT2D eigenvalue weighted by Gasteiger charge is 2.49.